The average molecular weight is 615 g/mol. The molecule has 2 unspecified atom stereocenters. The number of amides is 2. The number of fused-ring (bicyclic) bond motifs is 2. The van der Waals surface area contributed by atoms with Crippen LogP contribution in [0.25, 0.3) is 17.1 Å². The lowest BCUT2D eigenvalue weighted by Gasteiger charge is -2.35. The number of hydrogen-bond acceptors (Lipinski definition) is 7. The lowest BCUT2D eigenvalue weighted by atomic mass is 9.69. The number of aromatic nitrogens is 3. The molecule has 234 valence electrons. The third-order valence-electron chi connectivity index (χ3n) is 9.34. The van der Waals surface area contributed by atoms with Crippen LogP contribution >= 0.6 is 0 Å². The maximum absolute atomic E-state index is 13.1. The van der Waals surface area contributed by atoms with Crippen molar-refractivity contribution in [2.24, 2.45) is 11.5 Å². The van der Waals surface area contributed by atoms with E-state index in [9.17, 15) is 14.9 Å². The summed E-state index contributed by atoms with van der Waals surface area (Å²) in [6.45, 7) is 7.17. The van der Waals surface area contributed by atoms with Crippen molar-refractivity contribution in [3.8, 4) is 17.5 Å². The predicted octanol–water partition coefficient (Wildman–Crippen LogP) is 3.74. The van der Waals surface area contributed by atoms with Gasteiger partial charge in [-0.2, -0.15) is 5.26 Å². The summed E-state index contributed by atoms with van der Waals surface area (Å²) in [5, 5.41) is 22.2. The van der Waals surface area contributed by atoms with Crippen LogP contribution in [0.15, 0.2) is 67.2 Å². The van der Waals surface area contributed by atoms with Crippen molar-refractivity contribution in [2.75, 3.05) is 19.6 Å². The zero-order valence-corrected chi connectivity index (χ0v) is 26.0. The van der Waals surface area contributed by atoms with Crippen LogP contribution in [0.2, 0.25) is 0 Å². The maximum Gasteiger partial charge on any atom is 0.248 e. The van der Waals surface area contributed by atoms with Crippen molar-refractivity contribution in [3.05, 3.63) is 112 Å². The molecule has 0 radical (unpaired) electrons. The molecule has 3 aromatic carbocycles. The fourth-order valence-corrected chi connectivity index (χ4v) is 6.91. The van der Waals surface area contributed by atoms with Gasteiger partial charge < -0.3 is 26.7 Å². The third kappa shape index (κ3) is 5.66. The molecule has 10 heteroatoms. The van der Waals surface area contributed by atoms with Crippen LogP contribution in [-0.4, -0.2) is 57.6 Å². The van der Waals surface area contributed by atoms with Gasteiger partial charge in [-0.3, -0.25) is 9.59 Å². The first-order valence-electron chi connectivity index (χ1n) is 15.6. The van der Waals surface area contributed by atoms with E-state index in [1.807, 2.05) is 49.4 Å². The van der Waals surface area contributed by atoms with Crippen molar-refractivity contribution in [1.29, 1.82) is 5.26 Å². The Morgan fingerprint density at radius 2 is 1.72 bits per heavy atom. The van der Waals surface area contributed by atoms with E-state index in [-0.39, 0.29) is 18.5 Å². The second-order valence-corrected chi connectivity index (χ2v) is 12.2. The Kier molecular flexibility index (Phi) is 8.43. The van der Waals surface area contributed by atoms with E-state index in [4.69, 9.17) is 16.6 Å². The molecule has 2 aliphatic rings. The smallest absolute Gasteiger partial charge is 0.248 e. The van der Waals surface area contributed by atoms with Crippen LogP contribution in [0, 0.1) is 18.3 Å². The van der Waals surface area contributed by atoms with Gasteiger partial charge in [-0.05, 0) is 91.6 Å². The number of rotatable bonds is 9. The topological polar surface area (TPSA) is 167 Å². The number of aromatic amines is 1. The lowest BCUT2D eigenvalue weighted by molar-refractivity contribution is -0.130. The molecule has 46 heavy (non-hydrogen) atoms. The Morgan fingerprint density at radius 1 is 1.04 bits per heavy atom. The van der Waals surface area contributed by atoms with Crippen LogP contribution in [0.3, 0.4) is 0 Å². The highest BCUT2D eigenvalue weighted by Crippen LogP contribution is 2.46. The number of H-pyrrole nitrogens is 1. The molecular weight excluding hydrogens is 576 g/mol. The quantitative estimate of drug-likeness (QED) is 0.208. The second kappa shape index (κ2) is 12.6. The Labute approximate surface area is 268 Å². The van der Waals surface area contributed by atoms with E-state index in [0.717, 1.165) is 45.4 Å². The summed E-state index contributed by atoms with van der Waals surface area (Å²) in [7, 11) is 0. The highest BCUT2D eigenvalue weighted by Gasteiger charge is 2.44. The molecule has 1 aliphatic carbocycles. The minimum Gasteiger partial charge on any atom is -0.399 e. The Bertz CT molecular complexity index is 1790. The number of nitrogens with zero attached hydrogens (tertiary/aromatic N) is 4. The molecule has 0 spiro atoms. The number of carbonyl (C=O) groups is 2. The zero-order chi connectivity index (χ0) is 32.4. The van der Waals surface area contributed by atoms with Crippen molar-refractivity contribution < 1.29 is 9.59 Å². The third-order valence-corrected chi connectivity index (χ3v) is 9.34. The minimum absolute atomic E-state index is 0.0849. The van der Waals surface area contributed by atoms with Gasteiger partial charge in [0.1, 0.15) is 11.9 Å². The highest BCUT2D eigenvalue weighted by molar-refractivity contribution is 5.93. The van der Waals surface area contributed by atoms with Crippen LogP contribution in [0.5, 0.6) is 0 Å². The van der Waals surface area contributed by atoms with E-state index < -0.39 is 11.3 Å². The summed E-state index contributed by atoms with van der Waals surface area (Å²) in [5.41, 5.74) is 18.9. The van der Waals surface area contributed by atoms with E-state index >= 15 is 0 Å². The van der Waals surface area contributed by atoms with Crippen molar-refractivity contribution in [2.45, 2.75) is 50.5 Å². The number of aryl methyl sites for hydroxylation is 3. The van der Waals surface area contributed by atoms with Gasteiger partial charge in [-0.25, -0.2) is 0 Å². The Morgan fingerprint density at radius 3 is 2.37 bits per heavy atom. The molecule has 10 nitrogen and oxygen atoms in total. The molecule has 4 aromatic rings. The molecule has 1 aromatic heterocycles. The van der Waals surface area contributed by atoms with Crippen LogP contribution in [0.1, 0.15) is 68.8 Å². The van der Waals surface area contributed by atoms with Gasteiger partial charge >= 0.3 is 0 Å². The monoisotopic (exact) mass is 614 g/mol. The molecule has 1 aliphatic heterocycles. The van der Waals surface area contributed by atoms with Crippen molar-refractivity contribution >= 4 is 17.5 Å². The molecule has 1 fully saturated rings. The number of primary amides is 1. The SMILES string of the molecule is C=C(N)c1ccc2c(c1)CCc1cc(C(N)=O)ccc1C2(CCNCC(=O)N1CCCC1C#N)c1nnc(-c2ccc(C)cc2)[nH]1. The molecule has 0 bridgehead atoms. The first-order chi connectivity index (χ1) is 22.2. The number of likely N-dealkylation sites (tertiary alicyclic amines) is 1. The Balaban J connectivity index is 1.46. The normalized spacial score (nSPS) is 18.7. The van der Waals surface area contributed by atoms with Gasteiger partial charge in [-0.15, -0.1) is 10.2 Å². The van der Waals surface area contributed by atoms with Gasteiger partial charge in [0.15, 0.2) is 5.82 Å². The molecule has 2 atom stereocenters. The van der Waals surface area contributed by atoms with Crippen LogP contribution in [0.4, 0.5) is 0 Å². The number of hydrogen-bond donors (Lipinski definition) is 4. The number of carbonyl (C=O) groups excluding carboxylic acids is 2. The molecule has 0 saturated carbocycles. The van der Waals surface area contributed by atoms with E-state index in [1.165, 1.54) is 0 Å². The molecular formula is C36H38N8O2. The first-order valence-corrected chi connectivity index (χ1v) is 15.6. The second-order valence-electron chi connectivity index (χ2n) is 12.2. The summed E-state index contributed by atoms with van der Waals surface area (Å²) in [5.74, 6) is 0.715. The van der Waals surface area contributed by atoms with Crippen molar-refractivity contribution in [1.82, 2.24) is 25.4 Å². The van der Waals surface area contributed by atoms with Crippen LogP contribution in [-0.2, 0) is 23.1 Å². The lowest BCUT2D eigenvalue weighted by Crippen LogP contribution is -2.42. The largest absolute Gasteiger partial charge is 0.399 e. The predicted molar refractivity (Wildman–Crippen MR) is 176 cm³/mol. The van der Waals surface area contributed by atoms with Crippen molar-refractivity contribution in [3.63, 3.8) is 0 Å². The Hall–Kier alpha value is -5.27. The summed E-state index contributed by atoms with van der Waals surface area (Å²) in [6.07, 6.45) is 3.42. The van der Waals surface area contributed by atoms with Gasteiger partial charge in [-0.1, -0.05) is 54.6 Å². The highest BCUT2D eigenvalue weighted by atomic mass is 16.2. The molecule has 1 saturated heterocycles. The maximum atomic E-state index is 13.1. The number of nitriles is 1. The number of nitrogens with one attached hydrogen (secondary N) is 2. The summed E-state index contributed by atoms with van der Waals surface area (Å²) in [6, 6.07) is 21.7. The molecule has 2 amide bonds. The summed E-state index contributed by atoms with van der Waals surface area (Å²) < 4.78 is 0. The fraction of sp³-hybridized carbons (Fsp3) is 0.306. The van der Waals surface area contributed by atoms with Gasteiger partial charge in [0.25, 0.3) is 0 Å². The van der Waals surface area contributed by atoms with Gasteiger partial charge in [0, 0.05) is 23.4 Å². The summed E-state index contributed by atoms with van der Waals surface area (Å²) >= 11 is 0. The zero-order valence-electron chi connectivity index (χ0n) is 26.0. The summed E-state index contributed by atoms with van der Waals surface area (Å²) in [4.78, 5) is 30.6. The molecule has 2 heterocycles. The number of benzene rings is 3. The number of nitrogens with two attached hydrogens (primary N) is 2. The minimum atomic E-state index is -0.833. The average Bonchev–Trinajstić information content (AvgIpc) is 3.73. The molecule has 6 N–H and O–H groups in total. The van der Waals surface area contributed by atoms with Gasteiger partial charge in [0.05, 0.1) is 18.0 Å². The van der Waals surface area contributed by atoms with E-state index in [0.29, 0.717) is 61.7 Å². The van der Waals surface area contributed by atoms with E-state index in [2.05, 4.69) is 40.2 Å². The van der Waals surface area contributed by atoms with Crippen LogP contribution < -0.4 is 16.8 Å². The first kappa shape index (κ1) is 30.7. The molecule has 6 rings (SSSR count). The van der Waals surface area contributed by atoms with E-state index in [1.54, 1.807) is 11.0 Å². The standard InChI is InChI=1S/C36H38N8O2/c1-22-5-7-24(8-6-22)34-41-35(43-42-34)36(15-16-40-21-32(45)44-17-3-4-29(44)20-37)30-13-11-25(23(2)38)18-26(30)9-10-27-19-28(33(39)46)12-14-31(27)36/h5-8,11-14,18-19,29,40H,2-4,9-10,15-17,21,38H2,1H3,(H2,39,46)(H,41,42,43). The fourth-order valence-electron chi connectivity index (χ4n) is 6.91. The van der Waals surface area contributed by atoms with Gasteiger partial charge in [0.2, 0.25) is 11.8 Å².